The van der Waals surface area contributed by atoms with Crippen LogP contribution in [0.2, 0.25) is 0 Å². The van der Waals surface area contributed by atoms with Crippen LogP contribution in [0.5, 0.6) is 0 Å². The SMILES string of the molecule is N#CC(=NO)C(=N)N. The van der Waals surface area contributed by atoms with Gasteiger partial charge in [-0.05, 0) is 0 Å². The largest absolute Gasteiger partial charge is 0.410 e. The van der Waals surface area contributed by atoms with Crippen LogP contribution in [0.15, 0.2) is 5.16 Å². The predicted molar refractivity (Wildman–Crippen MR) is 26.7 cm³/mol. The van der Waals surface area contributed by atoms with Crippen molar-refractivity contribution < 1.29 is 5.21 Å². The van der Waals surface area contributed by atoms with E-state index in [2.05, 4.69) is 5.16 Å². The molecule has 0 aromatic carbocycles. The van der Waals surface area contributed by atoms with E-state index in [4.69, 9.17) is 21.6 Å². The first-order valence-corrected chi connectivity index (χ1v) is 1.69. The molecule has 0 fully saturated rings. The highest BCUT2D eigenvalue weighted by atomic mass is 16.4. The Morgan fingerprint density at radius 1 is 1.88 bits per heavy atom. The van der Waals surface area contributed by atoms with Gasteiger partial charge in [0.05, 0.1) is 0 Å². The fourth-order valence-corrected chi connectivity index (χ4v) is 0.136. The Morgan fingerprint density at radius 2 is 2.38 bits per heavy atom. The van der Waals surface area contributed by atoms with Crippen molar-refractivity contribution in [3.05, 3.63) is 0 Å². The van der Waals surface area contributed by atoms with Crippen molar-refractivity contribution in [2.75, 3.05) is 0 Å². The predicted octanol–water partition coefficient (Wildman–Crippen LogP) is -0.724. The molecule has 0 radical (unpaired) electrons. The van der Waals surface area contributed by atoms with Crippen LogP contribution in [0, 0.1) is 16.7 Å². The number of nitrogens with one attached hydrogen (secondary N) is 1. The van der Waals surface area contributed by atoms with Crippen molar-refractivity contribution in [1.82, 2.24) is 0 Å². The quantitative estimate of drug-likeness (QED) is 0.180. The summed E-state index contributed by atoms with van der Waals surface area (Å²) in [6, 6.07) is 1.40. The summed E-state index contributed by atoms with van der Waals surface area (Å²) in [5.41, 5.74) is 4.26. The Hall–Kier alpha value is -1.57. The summed E-state index contributed by atoms with van der Waals surface area (Å²) in [4.78, 5) is 0. The summed E-state index contributed by atoms with van der Waals surface area (Å²) in [6.07, 6.45) is 0. The monoisotopic (exact) mass is 112 g/mol. The van der Waals surface area contributed by atoms with Crippen molar-refractivity contribution in [1.29, 1.82) is 10.7 Å². The lowest BCUT2D eigenvalue weighted by Crippen LogP contribution is -2.20. The average Bonchev–Trinajstić information content (AvgIpc) is 1.69. The highest BCUT2D eigenvalue weighted by Crippen LogP contribution is 1.69. The first-order chi connectivity index (χ1) is 3.72. The lowest BCUT2D eigenvalue weighted by Gasteiger charge is -1.84. The average molecular weight is 112 g/mol. The van der Waals surface area contributed by atoms with E-state index >= 15 is 0 Å². The van der Waals surface area contributed by atoms with Crippen LogP contribution in [0.3, 0.4) is 0 Å². The normalized spacial score (nSPS) is 10.1. The summed E-state index contributed by atoms with van der Waals surface area (Å²) in [5.74, 6) is -0.532. The van der Waals surface area contributed by atoms with Gasteiger partial charge in [-0.1, -0.05) is 5.16 Å². The van der Waals surface area contributed by atoms with Crippen LogP contribution in [0.25, 0.3) is 0 Å². The zero-order valence-corrected chi connectivity index (χ0v) is 3.92. The highest BCUT2D eigenvalue weighted by molar-refractivity contribution is 6.45. The molecule has 0 aliphatic rings. The van der Waals surface area contributed by atoms with Gasteiger partial charge in [-0.3, -0.25) is 5.41 Å². The molecule has 0 aromatic heterocycles. The van der Waals surface area contributed by atoms with Crippen molar-refractivity contribution in [2.24, 2.45) is 10.9 Å². The molecule has 0 heterocycles. The Balaban J connectivity index is 4.20. The van der Waals surface area contributed by atoms with Gasteiger partial charge in [-0.15, -0.1) is 0 Å². The zero-order valence-electron chi connectivity index (χ0n) is 3.92. The van der Waals surface area contributed by atoms with E-state index in [0.717, 1.165) is 0 Å². The van der Waals surface area contributed by atoms with Crippen LogP contribution in [0.4, 0.5) is 0 Å². The molecular formula is C3H4N4O. The van der Waals surface area contributed by atoms with Crippen LogP contribution in [-0.2, 0) is 0 Å². The molecule has 4 N–H and O–H groups in total. The Bertz CT molecular complexity index is 165. The summed E-state index contributed by atoms with van der Waals surface area (Å²) < 4.78 is 0. The van der Waals surface area contributed by atoms with Gasteiger partial charge < -0.3 is 10.9 Å². The van der Waals surface area contributed by atoms with Gasteiger partial charge in [0.1, 0.15) is 6.07 Å². The lowest BCUT2D eigenvalue weighted by atomic mass is 10.4. The fourth-order valence-electron chi connectivity index (χ4n) is 0.136. The standard InChI is InChI=1S/C3H4N4O/c4-1-2(7-8)3(5)6/h8H,(H3,5,6). The molecule has 0 spiro atoms. The smallest absolute Gasteiger partial charge is 0.220 e. The second-order valence-electron chi connectivity index (χ2n) is 0.974. The van der Waals surface area contributed by atoms with E-state index in [0.29, 0.717) is 0 Å². The Morgan fingerprint density at radius 3 is 2.38 bits per heavy atom. The van der Waals surface area contributed by atoms with Crippen molar-refractivity contribution in [2.45, 2.75) is 0 Å². The zero-order chi connectivity index (χ0) is 6.57. The summed E-state index contributed by atoms with van der Waals surface area (Å²) in [6.45, 7) is 0. The van der Waals surface area contributed by atoms with Crippen molar-refractivity contribution >= 4 is 11.5 Å². The van der Waals surface area contributed by atoms with E-state index in [-0.39, 0.29) is 0 Å². The van der Waals surface area contributed by atoms with Crippen molar-refractivity contribution in [3.63, 3.8) is 0 Å². The number of oxime groups is 1. The summed E-state index contributed by atoms with van der Waals surface area (Å²) >= 11 is 0. The summed E-state index contributed by atoms with van der Waals surface area (Å²) in [5, 5.41) is 24.7. The molecule has 0 aliphatic carbocycles. The highest BCUT2D eigenvalue weighted by Gasteiger charge is 1.98. The number of amidine groups is 1. The molecule has 42 valence electrons. The van der Waals surface area contributed by atoms with E-state index in [1.807, 2.05) is 0 Å². The molecule has 0 aromatic rings. The Labute approximate surface area is 45.5 Å². The van der Waals surface area contributed by atoms with Gasteiger partial charge in [-0.2, -0.15) is 5.26 Å². The Kier molecular flexibility index (Phi) is 2.07. The van der Waals surface area contributed by atoms with E-state index < -0.39 is 11.5 Å². The number of nitrogens with two attached hydrogens (primary N) is 1. The molecule has 5 nitrogen and oxygen atoms in total. The third-order valence-corrected chi connectivity index (χ3v) is 0.461. The maximum absolute atomic E-state index is 7.93. The molecule has 0 amide bonds. The lowest BCUT2D eigenvalue weighted by molar-refractivity contribution is 0.321. The summed E-state index contributed by atoms with van der Waals surface area (Å²) in [7, 11) is 0. The van der Waals surface area contributed by atoms with Gasteiger partial charge in [-0.25, -0.2) is 0 Å². The van der Waals surface area contributed by atoms with Gasteiger partial charge in [0, 0.05) is 0 Å². The molecule has 0 unspecified atom stereocenters. The molecule has 0 aliphatic heterocycles. The third-order valence-electron chi connectivity index (χ3n) is 0.461. The molecule has 0 rings (SSSR count). The number of hydrogen-bond donors (Lipinski definition) is 3. The van der Waals surface area contributed by atoms with Crippen molar-refractivity contribution in [3.8, 4) is 6.07 Å². The number of rotatable bonds is 1. The van der Waals surface area contributed by atoms with Gasteiger partial charge in [0.2, 0.25) is 5.71 Å². The molecule has 0 bridgehead atoms. The molecular weight excluding hydrogens is 108 g/mol. The molecule has 5 heteroatoms. The van der Waals surface area contributed by atoms with Gasteiger partial charge in [0.15, 0.2) is 5.84 Å². The maximum Gasteiger partial charge on any atom is 0.220 e. The third kappa shape index (κ3) is 1.26. The maximum atomic E-state index is 7.93. The second kappa shape index (κ2) is 2.58. The van der Waals surface area contributed by atoms with E-state index in [9.17, 15) is 0 Å². The topological polar surface area (TPSA) is 106 Å². The van der Waals surface area contributed by atoms with Crippen LogP contribution >= 0.6 is 0 Å². The second-order valence-corrected chi connectivity index (χ2v) is 0.974. The number of nitrogens with zero attached hydrogens (tertiary/aromatic N) is 2. The fraction of sp³-hybridized carbons (Fsp3) is 0. The first-order valence-electron chi connectivity index (χ1n) is 1.69. The minimum Gasteiger partial charge on any atom is -0.410 e. The molecule has 0 saturated heterocycles. The minimum absolute atomic E-state index is 0.468. The number of hydrogen-bond acceptors (Lipinski definition) is 4. The molecule has 8 heavy (non-hydrogen) atoms. The molecule has 0 atom stereocenters. The minimum atomic E-state index is -0.532. The first kappa shape index (κ1) is 6.43. The van der Waals surface area contributed by atoms with Crippen LogP contribution in [0.1, 0.15) is 0 Å². The van der Waals surface area contributed by atoms with E-state index in [1.54, 1.807) is 0 Å². The van der Waals surface area contributed by atoms with E-state index in [1.165, 1.54) is 6.07 Å². The van der Waals surface area contributed by atoms with Crippen LogP contribution < -0.4 is 5.73 Å². The van der Waals surface area contributed by atoms with Crippen LogP contribution in [-0.4, -0.2) is 16.8 Å². The van der Waals surface area contributed by atoms with Gasteiger partial charge >= 0.3 is 0 Å². The van der Waals surface area contributed by atoms with Gasteiger partial charge in [0.25, 0.3) is 0 Å². The molecule has 0 saturated carbocycles. The number of nitriles is 1.